The van der Waals surface area contributed by atoms with E-state index in [0.717, 1.165) is 37.1 Å². The van der Waals surface area contributed by atoms with Gasteiger partial charge in [0.1, 0.15) is 11.6 Å². The van der Waals surface area contributed by atoms with E-state index < -0.39 is 0 Å². The zero-order valence-corrected chi connectivity index (χ0v) is 14.5. The fourth-order valence-electron chi connectivity index (χ4n) is 3.65. The largest absolute Gasteiger partial charge is 0.351 e. The van der Waals surface area contributed by atoms with Crippen molar-refractivity contribution < 1.29 is 0 Å². The molecule has 128 valence electrons. The van der Waals surface area contributed by atoms with E-state index in [2.05, 4.69) is 54.9 Å². The lowest BCUT2D eigenvalue weighted by Gasteiger charge is -2.29. The first kappa shape index (κ1) is 15.5. The molecule has 1 saturated heterocycles. The summed E-state index contributed by atoms with van der Waals surface area (Å²) in [5, 5.41) is 17.1. The van der Waals surface area contributed by atoms with Crippen LogP contribution in [0.2, 0.25) is 0 Å². The van der Waals surface area contributed by atoms with Gasteiger partial charge in [0.05, 0.1) is 6.54 Å². The van der Waals surface area contributed by atoms with E-state index >= 15 is 0 Å². The minimum absolute atomic E-state index is 0.489. The highest BCUT2D eigenvalue weighted by Gasteiger charge is 2.30. The van der Waals surface area contributed by atoms with Crippen LogP contribution < -0.4 is 4.90 Å². The molecule has 1 aliphatic carbocycles. The van der Waals surface area contributed by atoms with E-state index in [-0.39, 0.29) is 0 Å². The summed E-state index contributed by atoms with van der Waals surface area (Å²) >= 11 is 0. The monoisotopic (exact) mass is 327 g/mol. The van der Waals surface area contributed by atoms with Crippen LogP contribution in [-0.2, 0) is 13.6 Å². The Kier molecular flexibility index (Phi) is 4.18. The van der Waals surface area contributed by atoms with Crippen LogP contribution in [-0.4, -0.2) is 56.0 Å². The second kappa shape index (κ2) is 6.47. The molecule has 2 aromatic rings. The summed E-state index contributed by atoms with van der Waals surface area (Å²) in [6, 6.07) is 4.50. The van der Waals surface area contributed by atoms with Gasteiger partial charge in [0, 0.05) is 38.3 Å². The predicted molar refractivity (Wildman–Crippen MR) is 91.7 cm³/mol. The number of aromatic nitrogens is 5. The van der Waals surface area contributed by atoms with Gasteiger partial charge >= 0.3 is 0 Å². The van der Waals surface area contributed by atoms with Crippen molar-refractivity contribution in [2.45, 2.75) is 44.2 Å². The molecule has 0 bridgehead atoms. The lowest BCUT2D eigenvalue weighted by atomic mass is 10.2. The molecule has 1 saturated carbocycles. The van der Waals surface area contributed by atoms with Gasteiger partial charge in [0.25, 0.3) is 0 Å². The Morgan fingerprint density at radius 2 is 2.08 bits per heavy atom. The molecule has 7 heteroatoms. The minimum atomic E-state index is 0.489. The topological polar surface area (TPSA) is 63.0 Å². The first-order valence-electron chi connectivity index (χ1n) is 8.83. The summed E-state index contributed by atoms with van der Waals surface area (Å²) in [6.45, 7) is 2.90. The Hall–Kier alpha value is -2.02. The lowest BCUT2D eigenvalue weighted by Crippen LogP contribution is -2.39. The van der Waals surface area contributed by atoms with Crippen molar-refractivity contribution in [3.63, 3.8) is 0 Å². The fourth-order valence-corrected chi connectivity index (χ4v) is 3.65. The number of rotatable bonds is 6. The standard InChI is InChI=1S/C17H25N7/c1-22(12-16-20-21-17(23(16)2)13-7-8-13)11-14-5-4-10-24(14)15-6-3-9-18-19-15/h3,6,9,13-14H,4-5,7-8,10-12H2,1-2H3. The van der Waals surface area contributed by atoms with Crippen LogP contribution in [0.1, 0.15) is 43.3 Å². The Labute approximate surface area is 142 Å². The minimum Gasteiger partial charge on any atom is -0.351 e. The third-order valence-corrected chi connectivity index (χ3v) is 5.10. The smallest absolute Gasteiger partial charge is 0.151 e. The molecule has 0 amide bonds. The van der Waals surface area contributed by atoms with Crippen LogP contribution in [0.15, 0.2) is 18.3 Å². The van der Waals surface area contributed by atoms with Gasteiger partial charge in [-0.05, 0) is 44.9 Å². The van der Waals surface area contributed by atoms with Gasteiger partial charge in [-0.1, -0.05) is 0 Å². The van der Waals surface area contributed by atoms with Crippen molar-refractivity contribution >= 4 is 5.82 Å². The van der Waals surface area contributed by atoms with E-state index in [1.807, 2.05) is 6.07 Å². The second-order valence-electron chi connectivity index (χ2n) is 7.08. The van der Waals surface area contributed by atoms with E-state index in [1.165, 1.54) is 25.7 Å². The van der Waals surface area contributed by atoms with Gasteiger partial charge in [0.15, 0.2) is 5.82 Å². The summed E-state index contributed by atoms with van der Waals surface area (Å²) in [6.07, 6.45) is 6.66. The molecule has 0 radical (unpaired) electrons. The Bertz CT molecular complexity index is 680. The SMILES string of the molecule is CN(Cc1nnc(C2CC2)n1C)CC1CCCN1c1cccnn1. The van der Waals surface area contributed by atoms with Crippen molar-refractivity contribution in [3.8, 4) is 0 Å². The van der Waals surface area contributed by atoms with Crippen LogP contribution >= 0.6 is 0 Å². The number of anilines is 1. The molecule has 2 aliphatic rings. The molecule has 1 aliphatic heterocycles. The van der Waals surface area contributed by atoms with Gasteiger partial charge in [0.2, 0.25) is 0 Å². The molecule has 24 heavy (non-hydrogen) atoms. The highest BCUT2D eigenvalue weighted by molar-refractivity contribution is 5.39. The number of hydrogen-bond acceptors (Lipinski definition) is 6. The quantitative estimate of drug-likeness (QED) is 0.803. The Balaban J connectivity index is 1.39. The molecule has 3 heterocycles. The number of likely N-dealkylation sites (N-methyl/N-ethyl adjacent to an activating group) is 1. The lowest BCUT2D eigenvalue weighted by molar-refractivity contribution is 0.292. The average Bonchev–Trinajstić information content (AvgIpc) is 3.23. The third-order valence-electron chi connectivity index (χ3n) is 5.10. The molecular formula is C17H25N7. The molecule has 2 aromatic heterocycles. The van der Waals surface area contributed by atoms with Gasteiger partial charge in [-0.25, -0.2) is 0 Å². The van der Waals surface area contributed by atoms with Crippen LogP contribution in [0.25, 0.3) is 0 Å². The maximum Gasteiger partial charge on any atom is 0.151 e. The van der Waals surface area contributed by atoms with Crippen molar-refractivity contribution in [2.24, 2.45) is 7.05 Å². The van der Waals surface area contributed by atoms with Gasteiger partial charge in [-0.2, -0.15) is 5.10 Å². The summed E-state index contributed by atoms with van der Waals surface area (Å²) in [5.41, 5.74) is 0. The molecule has 4 rings (SSSR count). The molecule has 1 unspecified atom stereocenters. The summed E-state index contributed by atoms with van der Waals surface area (Å²) in [5.74, 6) is 3.84. The Morgan fingerprint density at radius 1 is 1.21 bits per heavy atom. The van der Waals surface area contributed by atoms with E-state index in [0.29, 0.717) is 12.0 Å². The molecule has 7 nitrogen and oxygen atoms in total. The molecule has 2 fully saturated rings. The van der Waals surface area contributed by atoms with E-state index in [1.54, 1.807) is 6.20 Å². The van der Waals surface area contributed by atoms with Crippen LogP contribution in [0.5, 0.6) is 0 Å². The second-order valence-corrected chi connectivity index (χ2v) is 7.08. The number of nitrogens with zero attached hydrogens (tertiary/aromatic N) is 7. The van der Waals surface area contributed by atoms with E-state index in [9.17, 15) is 0 Å². The van der Waals surface area contributed by atoms with Crippen LogP contribution in [0.3, 0.4) is 0 Å². The maximum absolute atomic E-state index is 4.40. The summed E-state index contributed by atoms with van der Waals surface area (Å²) < 4.78 is 2.18. The fraction of sp³-hybridized carbons (Fsp3) is 0.647. The average molecular weight is 327 g/mol. The molecule has 0 aromatic carbocycles. The van der Waals surface area contributed by atoms with Crippen LogP contribution in [0, 0.1) is 0 Å². The van der Waals surface area contributed by atoms with Crippen molar-refractivity contribution in [2.75, 3.05) is 25.0 Å². The Morgan fingerprint density at radius 3 is 2.83 bits per heavy atom. The molecular weight excluding hydrogens is 302 g/mol. The van der Waals surface area contributed by atoms with Crippen LogP contribution in [0.4, 0.5) is 5.82 Å². The summed E-state index contributed by atoms with van der Waals surface area (Å²) in [4.78, 5) is 4.73. The predicted octanol–water partition coefficient (Wildman–Crippen LogP) is 1.58. The first-order valence-corrected chi connectivity index (χ1v) is 8.83. The van der Waals surface area contributed by atoms with E-state index in [4.69, 9.17) is 0 Å². The highest BCUT2D eigenvalue weighted by Crippen LogP contribution is 2.38. The summed E-state index contributed by atoms with van der Waals surface area (Å²) in [7, 11) is 4.26. The van der Waals surface area contributed by atoms with Crippen molar-refractivity contribution in [3.05, 3.63) is 30.0 Å². The molecule has 0 spiro atoms. The molecule has 0 N–H and O–H groups in total. The highest BCUT2D eigenvalue weighted by atomic mass is 15.3. The third kappa shape index (κ3) is 3.13. The molecule has 1 atom stereocenters. The van der Waals surface area contributed by atoms with Gasteiger partial charge < -0.3 is 9.47 Å². The first-order chi connectivity index (χ1) is 11.7. The zero-order valence-electron chi connectivity index (χ0n) is 14.5. The number of hydrogen-bond donors (Lipinski definition) is 0. The van der Waals surface area contributed by atoms with Crippen molar-refractivity contribution in [1.82, 2.24) is 29.9 Å². The normalized spacial score (nSPS) is 21.0. The maximum atomic E-state index is 4.40. The zero-order chi connectivity index (χ0) is 16.5. The van der Waals surface area contributed by atoms with Gasteiger partial charge in [-0.3, -0.25) is 4.90 Å². The van der Waals surface area contributed by atoms with Gasteiger partial charge in [-0.15, -0.1) is 15.3 Å². The van der Waals surface area contributed by atoms with Crippen molar-refractivity contribution in [1.29, 1.82) is 0 Å².